The molecule has 0 saturated carbocycles. The molecule has 2 aliphatic heterocycles. The zero-order valence-electron chi connectivity index (χ0n) is 16.2. The van der Waals surface area contributed by atoms with Gasteiger partial charge >= 0.3 is 0 Å². The summed E-state index contributed by atoms with van der Waals surface area (Å²) in [6.45, 7) is 5.02. The van der Waals surface area contributed by atoms with Crippen LogP contribution in [0.3, 0.4) is 0 Å². The second-order valence-corrected chi connectivity index (χ2v) is 7.95. The zero-order valence-corrected chi connectivity index (χ0v) is 17.0. The van der Waals surface area contributed by atoms with Gasteiger partial charge in [-0.05, 0) is 62.5 Å². The van der Waals surface area contributed by atoms with Gasteiger partial charge in [0, 0.05) is 25.0 Å². The van der Waals surface area contributed by atoms with Crippen LogP contribution in [0.1, 0.15) is 35.8 Å². The highest BCUT2D eigenvalue weighted by atomic mass is 35.5. The molecule has 5 rings (SSSR count). The largest absolute Gasteiger partial charge is 0.454 e. The number of pyridine rings is 1. The van der Waals surface area contributed by atoms with E-state index in [1.165, 1.54) is 5.56 Å². The van der Waals surface area contributed by atoms with Crippen molar-refractivity contribution in [1.82, 2.24) is 14.9 Å². The summed E-state index contributed by atoms with van der Waals surface area (Å²) in [5.74, 6) is 3.27. The number of ether oxygens (including phenoxy) is 2. The minimum absolute atomic E-state index is 0.209. The van der Waals surface area contributed by atoms with Gasteiger partial charge in [-0.15, -0.1) is 0 Å². The molecule has 7 heteroatoms. The number of hydrogen-bond donors (Lipinski definition) is 0. The maximum atomic E-state index is 6.42. The van der Waals surface area contributed by atoms with Crippen LogP contribution in [0.5, 0.6) is 11.5 Å². The van der Waals surface area contributed by atoms with Gasteiger partial charge in [0.25, 0.3) is 0 Å². The number of likely N-dealkylation sites (tertiary alicyclic amines) is 1. The normalized spacial score (nSPS) is 17.0. The van der Waals surface area contributed by atoms with Crippen LogP contribution in [0.15, 0.2) is 41.1 Å². The maximum absolute atomic E-state index is 6.42. The molecule has 29 heavy (non-hydrogen) atoms. The summed E-state index contributed by atoms with van der Waals surface area (Å²) in [7, 11) is 0. The average Bonchev–Trinajstić information content (AvgIpc) is 3.34. The van der Waals surface area contributed by atoms with E-state index >= 15 is 0 Å². The number of oxazole rings is 1. The number of rotatable bonds is 4. The molecule has 0 atom stereocenters. The fraction of sp³-hybridized carbons (Fsp3) is 0.364. The second-order valence-electron chi connectivity index (χ2n) is 7.54. The Bertz CT molecular complexity index is 1010. The maximum Gasteiger partial charge on any atom is 0.231 e. The summed E-state index contributed by atoms with van der Waals surface area (Å²) >= 11 is 6.42. The van der Waals surface area contributed by atoms with Crippen LogP contribution in [-0.2, 0) is 6.54 Å². The lowest BCUT2D eigenvalue weighted by Crippen LogP contribution is -2.32. The Morgan fingerprint density at radius 2 is 1.83 bits per heavy atom. The predicted octanol–water partition coefficient (Wildman–Crippen LogP) is 4.81. The van der Waals surface area contributed by atoms with Crippen molar-refractivity contribution in [2.75, 3.05) is 19.9 Å². The average molecular weight is 412 g/mol. The highest BCUT2D eigenvalue weighted by Crippen LogP contribution is 2.41. The van der Waals surface area contributed by atoms with Crippen molar-refractivity contribution in [3.8, 4) is 23.0 Å². The van der Waals surface area contributed by atoms with E-state index in [2.05, 4.69) is 22.0 Å². The van der Waals surface area contributed by atoms with Crippen molar-refractivity contribution < 1.29 is 13.9 Å². The first-order valence-corrected chi connectivity index (χ1v) is 10.2. The zero-order chi connectivity index (χ0) is 19.8. The summed E-state index contributed by atoms with van der Waals surface area (Å²) in [6.07, 6.45) is 6.04. The molecule has 6 nitrogen and oxygen atoms in total. The molecule has 0 amide bonds. The summed E-state index contributed by atoms with van der Waals surface area (Å²) in [4.78, 5) is 11.3. The van der Waals surface area contributed by atoms with Crippen molar-refractivity contribution in [2.45, 2.75) is 32.2 Å². The monoisotopic (exact) mass is 411 g/mol. The molecule has 0 unspecified atom stereocenters. The molecule has 3 aromatic rings. The Hall–Kier alpha value is -2.57. The van der Waals surface area contributed by atoms with E-state index < -0.39 is 0 Å². The molecule has 0 N–H and O–H groups in total. The first-order valence-electron chi connectivity index (χ1n) is 9.85. The number of piperidine rings is 1. The molecule has 0 bridgehead atoms. The summed E-state index contributed by atoms with van der Waals surface area (Å²) in [5.41, 5.74) is 3.06. The van der Waals surface area contributed by atoms with Gasteiger partial charge in [0.2, 0.25) is 12.7 Å². The van der Waals surface area contributed by atoms with Crippen LogP contribution in [-0.4, -0.2) is 34.8 Å². The van der Waals surface area contributed by atoms with Crippen molar-refractivity contribution in [3.05, 3.63) is 58.7 Å². The predicted molar refractivity (Wildman–Crippen MR) is 109 cm³/mol. The first kappa shape index (κ1) is 18.5. The smallest absolute Gasteiger partial charge is 0.231 e. The third-order valence-corrected chi connectivity index (χ3v) is 6.04. The standard InChI is InChI=1S/C22H22ClN3O3/c1-14-19(12-26-8-4-16(5-9-26)15-2-6-24-7-3-15)25-22(29-14)17-10-20-21(11-18(17)23)28-13-27-20/h2-3,6-7,10-11,16H,4-5,8-9,12-13H2,1H3. The first-order chi connectivity index (χ1) is 14.2. The van der Waals surface area contributed by atoms with E-state index in [0.717, 1.165) is 49.5 Å². The molecular weight excluding hydrogens is 390 g/mol. The molecule has 1 aromatic carbocycles. The van der Waals surface area contributed by atoms with Gasteiger partial charge in [0.1, 0.15) is 5.76 Å². The van der Waals surface area contributed by atoms with Crippen molar-refractivity contribution in [3.63, 3.8) is 0 Å². The molecular formula is C22H22ClN3O3. The van der Waals surface area contributed by atoms with Gasteiger partial charge in [-0.1, -0.05) is 11.6 Å². The molecule has 0 spiro atoms. The van der Waals surface area contributed by atoms with Gasteiger partial charge in [-0.2, -0.15) is 0 Å². The van der Waals surface area contributed by atoms with Crippen LogP contribution in [0.4, 0.5) is 0 Å². The molecule has 0 radical (unpaired) electrons. The number of benzene rings is 1. The highest BCUT2D eigenvalue weighted by Gasteiger charge is 2.24. The lowest BCUT2D eigenvalue weighted by Gasteiger charge is -2.31. The molecule has 4 heterocycles. The molecule has 2 aromatic heterocycles. The van der Waals surface area contributed by atoms with Crippen molar-refractivity contribution in [1.29, 1.82) is 0 Å². The quantitative estimate of drug-likeness (QED) is 0.614. The lowest BCUT2D eigenvalue weighted by atomic mass is 9.90. The summed E-state index contributed by atoms with van der Waals surface area (Å²) in [6, 6.07) is 7.84. The number of aromatic nitrogens is 2. The van der Waals surface area contributed by atoms with E-state index in [1.807, 2.05) is 25.4 Å². The minimum Gasteiger partial charge on any atom is -0.454 e. The van der Waals surface area contributed by atoms with Crippen LogP contribution in [0.25, 0.3) is 11.5 Å². The lowest BCUT2D eigenvalue weighted by molar-refractivity contribution is 0.174. The minimum atomic E-state index is 0.209. The number of aryl methyl sites for hydroxylation is 1. The number of fused-ring (bicyclic) bond motifs is 1. The number of halogens is 1. The number of hydrogen-bond acceptors (Lipinski definition) is 6. The van der Waals surface area contributed by atoms with E-state index in [1.54, 1.807) is 6.07 Å². The molecule has 1 fully saturated rings. The molecule has 0 aliphatic carbocycles. The second kappa shape index (κ2) is 7.69. The van der Waals surface area contributed by atoms with E-state index in [0.29, 0.717) is 28.3 Å². The Kier molecular flexibility index (Phi) is 4.89. The van der Waals surface area contributed by atoms with Crippen LogP contribution in [0.2, 0.25) is 5.02 Å². The van der Waals surface area contributed by atoms with Gasteiger partial charge in [0.05, 0.1) is 16.3 Å². The van der Waals surface area contributed by atoms with E-state index in [9.17, 15) is 0 Å². The fourth-order valence-electron chi connectivity index (χ4n) is 4.04. The molecule has 2 aliphatic rings. The molecule has 150 valence electrons. The van der Waals surface area contributed by atoms with Crippen LogP contribution in [0, 0.1) is 6.92 Å². The van der Waals surface area contributed by atoms with E-state index in [-0.39, 0.29) is 6.79 Å². The SMILES string of the molecule is Cc1oc(-c2cc3c(cc2Cl)OCO3)nc1CN1CCC(c2ccncc2)CC1. The number of nitrogens with zero attached hydrogens (tertiary/aromatic N) is 3. The third kappa shape index (κ3) is 3.70. The summed E-state index contributed by atoms with van der Waals surface area (Å²) < 4.78 is 16.8. The van der Waals surface area contributed by atoms with Gasteiger partial charge in [-0.3, -0.25) is 9.88 Å². The van der Waals surface area contributed by atoms with Crippen LogP contribution < -0.4 is 9.47 Å². The van der Waals surface area contributed by atoms with Gasteiger partial charge in [0.15, 0.2) is 11.5 Å². The Morgan fingerprint density at radius 3 is 2.59 bits per heavy atom. The Labute approximate surface area is 174 Å². The fourth-order valence-corrected chi connectivity index (χ4v) is 4.28. The third-order valence-electron chi connectivity index (χ3n) is 5.72. The Morgan fingerprint density at radius 1 is 1.10 bits per heavy atom. The van der Waals surface area contributed by atoms with Crippen molar-refractivity contribution in [2.24, 2.45) is 0 Å². The molecule has 1 saturated heterocycles. The van der Waals surface area contributed by atoms with Crippen LogP contribution >= 0.6 is 11.6 Å². The van der Waals surface area contributed by atoms with Gasteiger partial charge < -0.3 is 13.9 Å². The van der Waals surface area contributed by atoms with Gasteiger partial charge in [-0.25, -0.2) is 4.98 Å². The van der Waals surface area contributed by atoms with Crippen molar-refractivity contribution >= 4 is 11.6 Å². The highest BCUT2D eigenvalue weighted by molar-refractivity contribution is 6.33. The Balaban J connectivity index is 1.28. The summed E-state index contributed by atoms with van der Waals surface area (Å²) in [5, 5.41) is 0.542. The van der Waals surface area contributed by atoms with E-state index in [4.69, 9.17) is 30.5 Å². The topological polar surface area (TPSA) is 60.6 Å².